The summed E-state index contributed by atoms with van der Waals surface area (Å²) >= 11 is 1.14. The molecule has 4 nitrogen and oxygen atoms in total. The Morgan fingerprint density at radius 2 is 2.00 bits per heavy atom. The van der Waals surface area contributed by atoms with E-state index in [0.29, 0.717) is 10.7 Å². The van der Waals surface area contributed by atoms with E-state index in [4.69, 9.17) is 10.2 Å². The van der Waals surface area contributed by atoms with Gasteiger partial charge in [0.2, 0.25) is 0 Å². The molecule has 0 amide bonds. The zero-order chi connectivity index (χ0) is 13.1. The molecule has 0 aliphatic rings. The molecule has 1 heterocycles. The van der Waals surface area contributed by atoms with Crippen LogP contribution in [0.1, 0.15) is 20.9 Å². The van der Waals surface area contributed by atoms with E-state index in [2.05, 4.69) is 4.98 Å². The zero-order valence-electron chi connectivity index (χ0n) is 9.88. The van der Waals surface area contributed by atoms with Crippen molar-refractivity contribution in [1.29, 1.82) is 0 Å². The van der Waals surface area contributed by atoms with Crippen molar-refractivity contribution in [2.45, 2.75) is 13.3 Å². The number of nitrogens with zero attached hydrogens (tertiary/aromatic N) is 1. The van der Waals surface area contributed by atoms with Crippen molar-refractivity contribution in [3.63, 3.8) is 0 Å². The summed E-state index contributed by atoms with van der Waals surface area (Å²) in [7, 11) is 0. The summed E-state index contributed by atoms with van der Waals surface area (Å²) in [5, 5.41) is 18.7. The number of carboxylic acids is 1. The third-order valence-electron chi connectivity index (χ3n) is 2.54. The number of rotatable bonds is 4. The molecule has 1 aromatic heterocycles. The van der Waals surface area contributed by atoms with Crippen LogP contribution in [0.25, 0.3) is 10.6 Å². The molecule has 18 heavy (non-hydrogen) atoms. The van der Waals surface area contributed by atoms with E-state index in [0.717, 1.165) is 22.5 Å². The number of carboxylic acid groups (broad SMARTS) is 1. The summed E-state index contributed by atoms with van der Waals surface area (Å²) in [4.78, 5) is 15.6. The molecule has 5 heteroatoms. The van der Waals surface area contributed by atoms with Gasteiger partial charge in [0.15, 0.2) is 0 Å². The fourth-order valence-corrected chi connectivity index (χ4v) is 2.57. The lowest BCUT2D eigenvalue weighted by atomic mass is 10.2. The molecule has 0 saturated heterocycles. The fraction of sp³-hybridized carbons (Fsp3) is 0.231. The molecule has 0 fully saturated rings. The van der Waals surface area contributed by atoms with Gasteiger partial charge in [0.25, 0.3) is 0 Å². The van der Waals surface area contributed by atoms with Crippen LogP contribution in [0.5, 0.6) is 0 Å². The molecule has 0 saturated carbocycles. The first-order chi connectivity index (χ1) is 8.61. The van der Waals surface area contributed by atoms with Gasteiger partial charge in [0.05, 0.1) is 5.69 Å². The van der Waals surface area contributed by atoms with Crippen LogP contribution in [0.2, 0.25) is 0 Å². The number of carbonyl (C=O) groups is 1. The first-order valence-electron chi connectivity index (χ1n) is 5.52. The molecule has 0 radical (unpaired) electrons. The molecule has 0 unspecified atom stereocenters. The van der Waals surface area contributed by atoms with Gasteiger partial charge in [-0.05, 0) is 6.92 Å². The topological polar surface area (TPSA) is 70.4 Å². The Morgan fingerprint density at radius 3 is 2.56 bits per heavy atom. The van der Waals surface area contributed by atoms with Crippen molar-refractivity contribution < 1.29 is 15.0 Å². The molecule has 2 aromatic rings. The molecule has 94 valence electrons. The lowest BCUT2D eigenvalue weighted by Gasteiger charge is -1.96. The number of aryl methyl sites for hydroxylation is 1. The van der Waals surface area contributed by atoms with Gasteiger partial charge in [0, 0.05) is 18.6 Å². The summed E-state index contributed by atoms with van der Waals surface area (Å²) in [6.45, 7) is 1.89. The maximum absolute atomic E-state index is 11.1. The number of aliphatic hydroxyl groups is 1. The van der Waals surface area contributed by atoms with Crippen LogP contribution in [0.15, 0.2) is 24.3 Å². The lowest BCUT2D eigenvalue weighted by molar-refractivity contribution is 0.0700. The quantitative estimate of drug-likeness (QED) is 0.888. The first kappa shape index (κ1) is 12.7. The van der Waals surface area contributed by atoms with Crippen molar-refractivity contribution in [3.05, 3.63) is 40.4 Å². The molecule has 0 atom stereocenters. The van der Waals surface area contributed by atoms with Gasteiger partial charge in [-0.3, -0.25) is 0 Å². The zero-order valence-corrected chi connectivity index (χ0v) is 10.7. The minimum atomic E-state index is -0.991. The first-order valence-corrected chi connectivity index (χ1v) is 6.34. The Kier molecular flexibility index (Phi) is 3.74. The smallest absolute Gasteiger partial charge is 0.347 e. The molecule has 0 aliphatic carbocycles. The van der Waals surface area contributed by atoms with Gasteiger partial charge in [-0.1, -0.05) is 29.8 Å². The predicted molar refractivity (Wildman–Crippen MR) is 70.0 cm³/mol. The summed E-state index contributed by atoms with van der Waals surface area (Å²) in [5.41, 5.74) is 2.49. The van der Waals surface area contributed by atoms with Crippen molar-refractivity contribution in [2.24, 2.45) is 0 Å². The number of aromatic nitrogens is 1. The number of benzene rings is 1. The summed E-state index contributed by atoms with van der Waals surface area (Å²) in [5.74, 6) is -0.991. The lowest BCUT2D eigenvalue weighted by Crippen LogP contribution is -2.01. The van der Waals surface area contributed by atoms with E-state index in [1.807, 2.05) is 31.2 Å². The van der Waals surface area contributed by atoms with E-state index in [1.165, 1.54) is 0 Å². The highest BCUT2D eigenvalue weighted by Gasteiger charge is 2.17. The van der Waals surface area contributed by atoms with Gasteiger partial charge in [-0.15, -0.1) is 11.3 Å². The number of aliphatic hydroxyl groups excluding tert-OH is 1. The second kappa shape index (κ2) is 5.29. The molecule has 0 bridgehead atoms. The maximum atomic E-state index is 11.1. The summed E-state index contributed by atoms with van der Waals surface area (Å²) < 4.78 is 0. The van der Waals surface area contributed by atoms with Gasteiger partial charge < -0.3 is 10.2 Å². The molecule has 2 rings (SSSR count). The van der Waals surface area contributed by atoms with Crippen LogP contribution in [0, 0.1) is 6.92 Å². The average Bonchev–Trinajstić information content (AvgIpc) is 2.75. The van der Waals surface area contributed by atoms with Gasteiger partial charge in [-0.25, -0.2) is 9.78 Å². The van der Waals surface area contributed by atoms with Crippen molar-refractivity contribution in [2.75, 3.05) is 6.61 Å². The standard InChI is InChI=1S/C13H13NO3S/c1-8-2-4-9(5-3-8)12-14-10(6-7-15)11(18-12)13(16)17/h2-5,15H,6-7H2,1H3,(H,16,17). The van der Waals surface area contributed by atoms with Crippen LogP contribution in [0.3, 0.4) is 0 Å². The molecule has 0 spiro atoms. The number of thiazole rings is 1. The maximum Gasteiger partial charge on any atom is 0.347 e. The van der Waals surface area contributed by atoms with Gasteiger partial charge in [-0.2, -0.15) is 0 Å². The monoisotopic (exact) mass is 263 g/mol. The van der Waals surface area contributed by atoms with Crippen LogP contribution in [0.4, 0.5) is 0 Å². The second-order valence-corrected chi connectivity index (χ2v) is 4.94. The van der Waals surface area contributed by atoms with E-state index in [9.17, 15) is 4.79 Å². The Balaban J connectivity index is 2.42. The van der Waals surface area contributed by atoms with E-state index >= 15 is 0 Å². The average molecular weight is 263 g/mol. The van der Waals surface area contributed by atoms with E-state index < -0.39 is 5.97 Å². The Morgan fingerprint density at radius 1 is 1.33 bits per heavy atom. The fourth-order valence-electron chi connectivity index (χ4n) is 1.61. The second-order valence-electron chi connectivity index (χ2n) is 3.94. The van der Waals surface area contributed by atoms with Gasteiger partial charge in [0.1, 0.15) is 9.88 Å². The normalized spacial score (nSPS) is 10.6. The number of hydrogen-bond acceptors (Lipinski definition) is 4. The largest absolute Gasteiger partial charge is 0.477 e. The van der Waals surface area contributed by atoms with Crippen LogP contribution in [-0.4, -0.2) is 27.8 Å². The summed E-state index contributed by atoms with van der Waals surface area (Å²) in [6.07, 6.45) is 0.268. The Labute approximate surface area is 109 Å². The van der Waals surface area contributed by atoms with Crippen LogP contribution >= 0.6 is 11.3 Å². The molecule has 2 N–H and O–H groups in total. The highest BCUT2D eigenvalue weighted by molar-refractivity contribution is 7.17. The Bertz CT molecular complexity index is 560. The Hall–Kier alpha value is -1.72. The van der Waals surface area contributed by atoms with Gasteiger partial charge >= 0.3 is 5.97 Å². The van der Waals surface area contributed by atoms with E-state index in [-0.39, 0.29) is 17.9 Å². The van der Waals surface area contributed by atoms with Crippen molar-refractivity contribution in [1.82, 2.24) is 4.98 Å². The predicted octanol–water partition coefficient (Wildman–Crippen LogP) is 2.35. The van der Waals surface area contributed by atoms with Crippen LogP contribution in [-0.2, 0) is 6.42 Å². The minimum absolute atomic E-state index is 0.0999. The number of aromatic carboxylic acids is 1. The SMILES string of the molecule is Cc1ccc(-c2nc(CCO)c(C(=O)O)s2)cc1. The summed E-state index contributed by atoms with van der Waals surface area (Å²) in [6, 6.07) is 7.76. The molecule has 1 aromatic carbocycles. The molecule has 0 aliphatic heterocycles. The highest BCUT2D eigenvalue weighted by Crippen LogP contribution is 2.28. The third kappa shape index (κ3) is 2.57. The van der Waals surface area contributed by atoms with Crippen molar-refractivity contribution in [3.8, 4) is 10.6 Å². The molecular weight excluding hydrogens is 250 g/mol. The minimum Gasteiger partial charge on any atom is -0.477 e. The number of hydrogen-bond donors (Lipinski definition) is 2. The van der Waals surface area contributed by atoms with Crippen LogP contribution < -0.4 is 0 Å². The molecular formula is C13H13NO3S. The highest BCUT2D eigenvalue weighted by atomic mass is 32.1. The van der Waals surface area contributed by atoms with Crippen molar-refractivity contribution >= 4 is 17.3 Å². The van der Waals surface area contributed by atoms with E-state index in [1.54, 1.807) is 0 Å². The third-order valence-corrected chi connectivity index (χ3v) is 3.67.